The van der Waals surface area contributed by atoms with Gasteiger partial charge in [0.2, 0.25) is 0 Å². The Labute approximate surface area is 86.4 Å². The van der Waals surface area contributed by atoms with Crippen LogP contribution in [-0.2, 0) is 4.74 Å². The average molecular weight is 198 g/mol. The number of fused-ring (bicyclic) bond motifs is 2. The summed E-state index contributed by atoms with van der Waals surface area (Å²) in [6, 6.07) is 0.477. The average Bonchev–Trinajstić information content (AvgIpc) is 2.80. The summed E-state index contributed by atoms with van der Waals surface area (Å²) < 4.78 is 5.85. The van der Waals surface area contributed by atoms with Gasteiger partial charge >= 0.3 is 0 Å². The van der Waals surface area contributed by atoms with E-state index in [0.29, 0.717) is 24.2 Å². The first kappa shape index (κ1) is 10.4. The molecule has 0 amide bonds. The van der Waals surface area contributed by atoms with Gasteiger partial charge in [0.1, 0.15) is 0 Å². The van der Waals surface area contributed by atoms with Gasteiger partial charge in [-0.15, -0.1) is 0 Å². The number of nitrogens with one attached hydrogen (secondary N) is 1. The zero-order valence-corrected chi connectivity index (χ0v) is 9.04. The molecule has 3 N–H and O–H groups in total. The van der Waals surface area contributed by atoms with Crippen molar-refractivity contribution in [1.82, 2.24) is 5.43 Å². The second-order valence-electron chi connectivity index (χ2n) is 4.69. The highest BCUT2D eigenvalue weighted by molar-refractivity contribution is 4.94. The fourth-order valence-electron chi connectivity index (χ4n) is 2.95. The minimum Gasteiger partial charge on any atom is -0.375 e. The second kappa shape index (κ2) is 4.60. The van der Waals surface area contributed by atoms with Crippen LogP contribution in [0.4, 0.5) is 0 Å². The Hall–Kier alpha value is -0.120. The Morgan fingerprint density at radius 1 is 1.50 bits per heavy atom. The zero-order chi connectivity index (χ0) is 9.97. The van der Waals surface area contributed by atoms with Crippen LogP contribution in [0.2, 0.25) is 0 Å². The third kappa shape index (κ3) is 1.95. The highest BCUT2D eigenvalue weighted by Crippen LogP contribution is 2.41. The molecule has 3 heteroatoms. The fraction of sp³-hybridized carbons (Fsp3) is 1.00. The van der Waals surface area contributed by atoms with E-state index in [1.165, 1.54) is 38.5 Å². The minimum absolute atomic E-state index is 0.477. The predicted octanol–water partition coefficient (Wildman–Crippen LogP) is 1.58. The van der Waals surface area contributed by atoms with Gasteiger partial charge in [-0.2, -0.15) is 0 Å². The van der Waals surface area contributed by atoms with Crippen LogP contribution in [0, 0.1) is 5.92 Å². The molecule has 2 aliphatic heterocycles. The van der Waals surface area contributed by atoms with Gasteiger partial charge < -0.3 is 4.74 Å². The third-order valence-corrected chi connectivity index (χ3v) is 3.75. The molecule has 2 bridgehead atoms. The van der Waals surface area contributed by atoms with Crippen LogP contribution >= 0.6 is 0 Å². The highest BCUT2D eigenvalue weighted by atomic mass is 16.5. The van der Waals surface area contributed by atoms with Gasteiger partial charge in [0.25, 0.3) is 0 Å². The smallest absolute Gasteiger partial charge is 0.0624 e. The summed E-state index contributed by atoms with van der Waals surface area (Å²) in [5.41, 5.74) is 2.98. The van der Waals surface area contributed by atoms with Crippen LogP contribution in [0.15, 0.2) is 0 Å². The molecule has 2 aliphatic rings. The number of rotatable bonds is 5. The molecule has 4 unspecified atom stereocenters. The second-order valence-corrected chi connectivity index (χ2v) is 4.69. The van der Waals surface area contributed by atoms with Crippen molar-refractivity contribution in [2.24, 2.45) is 11.8 Å². The maximum atomic E-state index is 5.85. The van der Waals surface area contributed by atoms with E-state index in [1.807, 2.05) is 0 Å². The quantitative estimate of drug-likeness (QED) is 0.521. The minimum atomic E-state index is 0.477. The summed E-state index contributed by atoms with van der Waals surface area (Å²) in [6.45, 7) is 2.23. The fourth-order valence-corrected chi connectivity index (χ4v) is 2.95. The predicted molar refractivity (Wildman–Crippen MR) is 56.6 cm³/mol. The number of ether oxygens (including phenoxy) is 1. The Balaban J connectivity index is 1.85. The zero-order valence-electron chi connectivity index (χ0n) is 9.04. The summed E-state index contributed by atoms with van der Waals surface area (Å²) in [5.74, 6) is 6.29. The van der Waals surface area contributed by atoms with E-state index in [0.717, 1.165) is 0 Å². The van der Waals surface area contributed by atoms with Crippen LogP contribution in [0.1, 0.15) is 45.4 Å². The molecule has 0 saturated carbocycles. The van der Waals surface area contributed by atoms with Crippen molar-refractivity contribution in [3.63, 3.8) is 0 Å². The Morgan fingerprint density at radius 3 is 2.86 bits per heavy atom. The first-order valence-electron chi connectivity index (χ1n) is 5.96. The van der Waals surface area contributed by atoms with Crippen LogP contribution in [0.5, 0.6) is 0 Å². The van der Waals surface area contributed by atoms with Crippen LogP contribution in [0.3, 0.4) is 0 Å². The molecule has 2 rings (SSSR count). The Morgan fingerprint density at radius 2 is 2.36 bits per heavy atom. The van der Waals surface area contributed by atoms with Gasteiger partial charge in [0.05, 0.1) is 12.2 Å². The Kier molecular flexibility index (Phi) is 3.42. The van der Waals surface area contributed by atoms with E-state index in [9.17, 15) is 0 Å². The van der Waals surface area contributed by atoms with Crippen molar-refractivity contribution in [2.45, 2.75) is 63.7 Å². The summed E-state index contributed by atoms with van der Waals surface area (Å²) in [7, 11) is 0. The summed E-state index contributed by atoms with van der Waals surface area (Å²) >= 11 is 0. The molecule has 0 aliphatic carbocycles. The molecular formula is C11H22N2O. The van der Waals surface area contributed by atoms with Gasteiger partial charge in [-0.3, -0.25) is 11.3 Å². The van der Waals surface area contributed by atoms with Gasteiger partial charge in [0.15, 0.2) is 0 Å². The van der Waals surface area contributed by atoms with Gasteiger partial charge in [-0.05, 0) is 25.7 Å². The number of hydrogen-bond acceptors (Lipinski definition) is 3. The standard InChI is InChI=1S/C11H22N2O/c1-2-3-4-10(13-12)9-7-8-5-6-11(9)14-8/h8-11,13H,2-7,12H2,1H3. The molecule has 0 aromatic heterocycles. The first-order chi connectivity index (χ1) is 6.85. The summed E-state index contributed by atoms with van der Waals surface area (Å²) in [5, 5.41) is 0. The molecule has 82 valence electrons. The number of unbranched alkanes of at least 4 members (excludes halogenated alkanes) is 1. The molecule has 0 aromatic carbocycles. The van der Waals surface area contributed by atoms with E-state index < -0.39 is 0 Å². The van der Waals surface area contributed by atoms with E-state index in [-0.39, 0.29) is 0 Å². The molecule has 2 fully saturated rings. The lowest BCUT2D eigenvalue weighted by atomic mass is 9.82. The molecule has 14 heavy (non-hydrogen) atoms. The van der Waals surface area contributed by atoms with E-state index in [4.69, 9.17) is 10.6 Å². The van der Waals surface area contributed by atoms with Crippen LogP contribution < -0.4 is 11.3 Å². The highest BCUT2D eigenvalue weighted by Gasteiger charge is 2.43. The molecule has 0 radical (unpaired) electrons. The monoisotopic (exact) mass is 198 g/mol. The molecule has 3 nitrogen and oxygen atoms in total. The normalized spacial score (nSPS) is 37.7. The first-order valence-corrected chi connectivity index (χ1v) is 5.96. The van der Waals surface area contributed by atoms with Crippen LogP contribution in [-0.4, -0.2) is 18.2 Å². The van der Waals surface area contributed by atoms with Crippen molar-refractivity contribution in [2.75, 3.05) is 0 Å². The third-order valence-electron chi connectivity index (χ3n) is 3.75. The molecule has 4 atom stereocenters. The molecule has 2 saturated heterocycles. The largest absolute Gasteiger partial charge is 0.375 e. The van der Waals surface area contributed by atoms with E-state index in [1.54, 1.807) is 0 Å². The van der Waals surface area contributed by atoms with Crippen molar-refractivity contribution in [1.29, 1.82) is 0 Å². The van der Waals surface area contributed by atoms with Gasteiger partial charge in [0, 0.05) is 12.0 Å². The lowest BCUT2D eigenvalue weighted by Gasteiger charge is -2.27. The summed E-state index contributed by atoms with van der Waals surface area (Å²) in [4.78, 5) is 0. The SMILES string of the molecule is CCCCC(NN)C1CC2CCC1O2. The van der Waals surface area contributed by atoms with Crippen molar-refractivity contribution in [3.05, 3.63) is 0 Å². The van der Waals surface area contributed by atoms with E-state index in [2.05, 4.69) is 12.3 Å². The topological polar surface area (TPSA) is 47.3 Å². The van der Waals surface area contributed by atoms with E-state index >= 15 is 0 Å². The van der Waals surface area contributed by atoms with Gasteiger partial charge in [-0.1, -0.05) is 19.8 Å². The van der Waals surface area contributed by atoms with Crippen molar-refractivity contribution in [3.8, 4) is 0 Å². The Bertz CT molecular complexity index is 186. The number of hydrogen-bond donors (Lipinski definition) is 2. The lowest BCUT2D eigenvalue weighted by Crippen LogP contribution is -2.44. The number of nitrogens with two attached hydrogens (primary N) is 1. The van der Waals surface area contributed by atoms with Gasteiger partial charge in [-0.25, -0.2) is 0 Å². The van der Waals surface area contributed by atoms with Crippen LogP contribution in [0.25, 0.3) is 0 Å². The summed E-state index contributed by atoms with van der Waals surface area (Å²) in [6.07, 6.45) is 8.50. The molecular weight excluding hydrogens is 176 g/mol. The van der Waals surface area contributed by atoms with Crippen molar-refractivity contribution >= 4 is 0 Å². The molecule has 0 aromatic rings. The lowest BCUT2D eigenvalue weighted by molar-refractivity contribution is 0.0847. The molecule has 0 spiro atoms. The molecule has 2 heterocycles. The van der Waals surface area contributed by atoms with Crippen molar-refractivity contribution < 1.29 is 4.74 Å². The number of hydrazine groups is 1. The maximum absolute atomic E-state index is 5.85. The maximum Gasteiger partial charge on any atom is 0.0624 e.